The number of rotatable bonds is 8. The first-order valence-corrected chi connectivity index (χ1v) is 13.7. The van der Waals surface area contributed by atoms with E-state index in [2.05, 4.69) is 19.8 Å². The molecule has 7 nitrogen and oxygen atoms in total. The van der Waals surface area contributed by atoms with Gasteiger partial charge < -0.3 is 14.8 Å². The van der Waals surface area contributed by atoms with Crippen molar-refractivity contribution >= 4 is 22.8 Å². The number of nitrogens with zero attached hydrogens (tertiary/aromatic N) is 4. The second kappa shape index (κ2) is 11.7. The van der Waals surface area contributed by atoms with E-state index in [1.807, 2.05) is 24.3 Å². The van der Waals surface area contributed by atoms with E-state index in [1.165, 1.54) is 38.5 Å². The van der Waals surface area contributed by atoms with Gasteiger partial charge >= 0.3 is 0 Å². The van der Waals surface area contributed by atoms with Crippen molar-refractivity contribution in [1.82, 2.24) is 24.8 Å². The summed E-state index contributed by atoms with van der Waals surface area (Å²) in [5.74, 6) is 0.851. The van der Waals surface area contributed by atoms with Crippen LogP contribution < -0.4 is 5.32 Å². The third-order valence-corrected chi connectivity index (χ3v) is 7.78. The van der Waals surface area contributed by atoms with E-state index in [9.17, 15) is 9.59 Å². The van der Waals surface area contributed by atoms with E-state index in [4.69, 9.17) is 4.98 Å². The smallest absolute Gasteiger partial charge is 0.269 e. The van der Waals surface area contributed by atoms with Crippen LogP contribution in [-0.4, -0.2) is 49.9 Å². The minimum absolute atomic E-state index is 0.199. The first kappa shape index (κ1) is 24.5. The molecule has 2 aliphatic rings. The Labute approximate surface area is 213 Å². The molecule has 0 unspecified atom stereocenters. The minimum atomic E-state index is -0.199. The highest BCUT2D eigenvalue weighted by Gasteiger charge is 2.33. The van der Waals surface area contributed by atoms with Gasteiger partial charge in [-0.25, -0.2) is 4.98 Å². The number of carbonyl (C=O) groups is 2. The third kappa shape index (κ3) is 5.61. The van der Waals surface area contributed by atoms with Gasteiger partial charge in [0.1, 0.15) is 18.1 Å². The zero-order chi connectivity index (χ0) is 24.7. The molecule has 2 fully saturated rings. The van der Waals surface area contributed by atoms with Crippen molar-refractivity contribution < 1.29 is 9.59 Å². The van der Waals surface area contributed by atoms with Crippen molar-refractivity contribution in [3.63, 3.8) is 0 Å². The highest BCUT2D eigenvalue weighted by molar-refractivity contribution is 5.92. The molecule has 2 heterocycles. The molecule has 0 atom stereocenters. The quantitative estimate of drug-likeness (QED) is 0.490. The zero-order valence-electron chi connectivity index (χ0n) is 21.1. The van der Waals surface area contributed by atoms with E-state index in [0.717, 1.165) is 42.5 Å². The van der Waals surface area contributed by atoms with Crippen LogP contribution in [-0.2, 0) is 17.8 Å². The van der Waals surface area contributed by atoms with Crippen LogP contribution in [0.15, 0.2) is 48.7 Å². The van der Waals surface area contributed by atoms with Crippen molar-refractivity contribution in [2.24, 2.45) is 0 Å². The summed E-state index contributed by atoms with van der Waals surface area (Å²) in [5.41, 5.74) is 2.26. The Morgan fingerprint density at radius 1 is 0.889 bits per heavy atom. The third-order valence-electron chi connectivity index (χ3n) is 7.78. The van der Waals surface area contributed by atoms with Crippen LogP contribution in [0, 0.1) is 0 Å². The van der Waals surface area contributed by atoms with Crippen LogP contribution >= 0.6 is 0 Å². The Morgan fingerprint density at radius 3 is 2.22 bits per heavy atom. The summed E-state index contributed by atoms with van der Waals surface area (Å²) in [7, 11) is 0. The largest absolute Gasteiger partial charge is 0.350 e. The number of benzene rings is 1. The van der Waals surface area contributed by atoms with Crippen LogP contribution in [0.1, 0.15) is 80.5 Å². The summed E-state index contributed by atoms with van der Waals surface area (Å²) in [6, 6.07) is 14.0. The molecule has 5 rings (SSSR count). The van der Waals surface area contributed by atoms with Crippen molar-refractivity contribution in [2.75, 3.05) is 6.54 Å². The molecule has 2 amide bonds. The van der Waals surface area contributed by atoms with Crippen molar-refractivity contribution in [2.45, 2.75) is 89.3 Å². The molecule has 0 saturated heterocycles. The summed E-state index contributed by atoms with van der Waals surface area (Å²) >= 11 is 0. The number of fused-ring (bicyclic) bond motifs is 1. The molecule has 0 bridgehead atoms. The molecule has 0 spiro atoms. The Hall–Kier alpha value is -3.22. The molecule has 0 aliphatic heterocycles. The van der Waals surface area contributed by atoms with Crippen LogP contribution in [0.25, 0.3) is 11.0 Å². The monoisotopic (exact) mass is 487 g/mol. The van der Waals surface area contributed by atoms with E-state index < -0.39 is 0 Å². The topological polar surface area (TPSA) is 80.1 Å². The lowest BCUT2D eigenvalue weighted by atomic mass is 9.88. The van der Waals surface area contributed by atoms with E-state index >= 15 is 0 Å². The van der Waals surface area contributed by atoms with Crippen molar-refractivity contribution in [1.29, 1.82) is 0 Å². The fourth-order valence-electron chi connectivity index (χ4n) is 6.01. The van der Waals surface area contributed by atoms with Gasteiger partial charge in [0.2, 0.25) is 5.91 Å². The number of nitrogens with one attached hydrogen (secondary N) is 1. The summed E-state index contributed by atoms with van der Waals surface area (Å²) in [6.07, 6.45) is 14.1. The molecular formula is C29H37N5O2. The lowest BCUT2D eigenvalue weighted by Gasteiger charge is -2.42. The van der Waals surface area contributed by atoms with E-state index in [0.29, 0.717) is 37.3 Å². The summed E-state index contributed by atoms with van der Waals surface area (Å²) in [4.78, 5) is 37.7. The van der Waals surface area contributed by atoms with E-state index in [1.54, 1.807) is 24.4 Å². The lowest BCUT2D eigenvalue weighted by Crippen LogP contribution is -2.50. The maximum Gasteiger partial charge on any atom is 0.269 e. The molecule has 2 aromatic heterocycles. The summed E-state index contributed by atoms with van der Waals surface area (Å²) < 4.78 is 2.07. The van der Waals surface area contributed by atoms with Crippen LogP contribution in [0.5, 0.6) is 0 Å². The molecule has 7 heteroatoms. The molecule has 0 radical (unpaired) electrons. The highest BCUT2D eigenvalue weighted by Crippen LogP contribution is 2.31. The zero-order valence-corrected chi connectivity index (χ0v) is 21.1. The number of para-hydroxylation sites is 2. The normalized spacial score (nSPS) is 17.2. The van der Waals surface area contributed by atoms with Gasteiger partial charge in [0.15, 0.2) is 0 Å². The number of amides is 2. The second-order valence-electron chi connectivity index (χ2n) is 10.2. The van der Waals surface area contributed by atoms with Gasteiger partial charge in [-0.3, -0.25) is 14.6 Å². The molecule has 3 aromatic rings. The maximum absolute atomic E-state index is 14.0. The van der Waals surface area contributed by atoms with Crippen LogP contribution in [0.2, 0.25) is 0 Å². The average Bonchev–Trinajstić information content (AvgIpc) is 3.27. The Morgan fingerprint density at radius 2 is 1.56 bits per heavy atom. The van der Waals surface area contributed by atoms with Gasteiger partial charge in [0.05, 0.1) is 11.0 Å². The molecule has 1 N–H and O–H groups in total. The Kier molecular flexibility index (Phi) is 7.94. The lowest BCUT2D eigenvalue weighted by molar-refractivity contribution is -0.138. The molecule has 1 aromatic carbocycles. The molecule has 190 valence electrons. The Balaban J connectivity index is 1.34. The number of hydrogen-bond acceptors (Lipinski definition) is 4. The van der Waals surface area contributed by atoms with E-state index in [-0.39, 0.29) is 11.8 Å². The number of carbonyl (C=O) groups excluding carboxylic acids is 2. The SMILES string of the molecule is O=C(NCCc1nc2ccccc2n1CC(=O)N(C1CCCCC1)C1CCCCC1)c1ccccn1. The maximum atomic E-state index is 14.0. The summed E-state index contributed by atoms with van der Waals surface area (Å²) in [5, 5.41) is 2.95. The molecule has 36 heavy (non-hydrogen) atoms. The fraction of sp³-hybridized carbons (Fsp3) is 0.517. The van der Waals surface area contributed by atoms with Gasteiger partial charge in [-0.05, 0) is 49.9 Å². The standard InChI is InChI=1S/C29H37N5O2/c35-28(34(22-11-3-1-4-12-22)23-13-5-2-6-14-23)21-33-26-17-8-7-15-24(26)32-27(33)18-20-31-29(36)25-16-9-10-19-30-25/h7-10,15-17,19,22-23H,1-6,11-14,18,20-21H2,(H,31,36). The Bertz CT molecular complexity index is 1140. The minimum Gasteiger partial charge on any atom is -0.350 e. The first-order valence-electron chi connectivity index (χ1n) is 13.7. The molecular weight excluding hydrogens is 450 g/mol. The van der Waals surface area contributed by atoms with Gasteiger partial charge in [-0.2, -0.15) is 0 Å². The average molecular weight is 488 g/mol. The van der Waals surface area contributed by atoms with Crippen molar-refractivity contribution in [3.8, 4) is 0 Å². The predicted molar refractivity (Wildman–Crippen MR) is 141 cm³/mol. The number of imidazole rings is 1. The van der Waals surface area contributed by atoms with Crippen LogP contribution in [0.3, 0.4) is 0 Å². The number of aromatic nitrogens is 3. The first-order chi connectivity index (χ1) is 17.7. The van der Waals surface area contributed by atoms with Crippen molar-refractivity contribution in [3.05, 3.63) is 60.2 Å². The summed E-state index contributed by atoms with van der Waals surface area (Å²) in [6.45, 7) is 0.735. The van der Waals surface area contributed by atoms with Crippen LogP contribution in [0.4, 0.5) is 0 Å². The van der Waals surface area contributed by atoms with Gasteiger partial charge in [0.25, 0.3) is 5.91 Å². The van der Waals surface area contributed by atoms with Gasteiger partial charge in [-0.15, -0.1) is 0 Å². The highest BCUT2D eigenvalue weighted by atomic mass is 16.2. The molecule has 2 saturated carbocycles. The number of pyridine rings is 1. The number of hydrogen-bond donors (Lipinski definition) is 1. The molecule has 2 aliphatic carbocycles. The van der Waals surface area contributed by atoms with Gasteiger partial charge in [0, 0.05) is 31.2 Å². The predicted octanol–water partition coefficient (Wildman–Crippen LogP) is 4.90. The van der Waals surface area contributed by atoms with Gasteiger partial charge in [-0.1, -0.05) is 56.7 Å². The fourth-order valence-corrected chi connectivity index (χ4v) is 6.01. The second-order valence-corrected chi connectivity index (χ2v) is 10.2.